The van der Waals surface area contributed by atoms with Crippen molar-refractivity contribution in [2.24, 2.45) is 5.41 Å². The lowest BCUT2D eigenvalue weighted by Crippen LogP contribution is -2.46. The van der Waals surface area contributed by atoms with Crippen LogP contribution in [0.2, 0.25) is 0 Å². The highest BCUT2D eigenvalue weighted by atomic mass is 16.2. The van der Waals surface area contributed by atoms with Crippen LogP contribution in [0.1, 0.15) is 40.0 Å². The van der Waals surface area contributed by atoms with Crippen LogP contribution in [0.25, 0.3) is 0 Å². The molecular formula is C12H24N2O. The van der Waals surface area contributed by atoms with Crippen LogP contribution in [-0.4, -0.2) is 37.0 Å². The minimum Gasteiger partial charge on any atom is -0.342 e. The number of piperidine rings is 1. The maximum absolute atomic E-state index is 11.2. The predicted octanol–water partition coefficient (Wildman–Crippen LogP) is 1.63. The summed E-state index contributed by atoms with van der Waals surface area (Å²) in [5.41, 5.74) is 0.421. The summed E-state index contributed by atoms with van der Waals surface area (Å²) in [5.74, 6) is 0.242. The van der Waals surface area contributed by atoms with Crippen molar-refractivity contribution >= 4 is 5.91 Å². The smallest absolute Gasteiger partial charge is 0.219 e. The van der Waals surface area contributed by atoms with Crippen molar-refractivity contribution in [3.05, 3.63) is 0 Å². The molecule has 88 valence electrons. The van der Waals surface area contributed by atoms with Crippen molar-refractivity contribution < 1.29 is 4.79 Å². The third kappa shape index (κ3) is 2.94. The molecule has 1 atom stereocenters. The average molecular weight is 212 g/mol. The molecule has 1 unspecified atom stereocenters. The van der Waals surface area contributed by atoms with Crippen molar-refractivity contribution in [2.45, 2.75) is 40.0 Å². The molecule has 3 nitrogen and oxygen atoms in total. The van der Waals surface area contributed by atoms with Crippen molar-refractivity contribution in [2.75, 3.05) is 26.2 Å². The fourth-order valence-electron chi connectivity index (χ4n) is 2.62. The van der Waals surface area contributed by atoms with Gasteiger partial charge in [0.2, 0.25) is 5.91 Å². The van der Waals surface area contributed by atoms with Gasteiger partial charge in [-0.2, -0.15) is 0 Å². The van der Waals surface area contributed by atoms with Crippen molar-refractivity contribution in [3.63, 3.8) is 0 Å². The minimum atomic E-state index is 0.242. The molecule has 0 aromatic heterocycles. The summed E-state index contributed by atoms with van der Waals surface area (Å²) in [6.07, 6.45) is 3.72. The van der Waals surface area contributed by atoms with Gasteiger partial charge in [0.15, 0.2) is 0 Å². The number of nitrogens with one attached hydrogen (secondary N) is 1. The standard InChI is InChI=1S/C10H18N2O.C2H6/c1-9(13)12-6-2-3-10(8-12)4-5-11-7-10;1-2/h11H,2-8H2,1H3;1-2H3. The van der Waals surface area contributed by atoms with Gasteiger partial charge in [-0.3, -0.25) is 4.79 Å². The summed E-state index contributed by atoms with van der Waals surface area (Å²) in [6.45, 7) is 9.87. The first-order valence-corrected chi connectivity index (χ1v) is 6.18. The summed E-state index contributed by atoms with van der Waals surface area (Å²) < 4.78 is 0. The second-order valence-corrected chi connectivity index (χ2v) is 4.47. The van der Waals surface area contributed by atoms with Crippen LogP contribution in [0.5, 0.6) is 0 Å². The Labute approximate surface area is 93.2 Å². The Morgan fingerprint density at radius 1 is 1.33 bits per heavy atom. The third-order valence-electron chi connectivity index (χ3n) is 3.44. The number of carbonyl (C=O) groups is 1. The maximum Gasteiger partial charge on any atom is 0.219 e. The van der Waals surface area contributed by atoms with Crippen LogP contribution in [-0.2, 0) is 4.79 Å². The molecule has 0 radical (unpaired) electrons. The van der Waals surface area contributed by atoms with Crippen LogP contribution in [0.15, 0.2) is 0 Å². The molecule has 0 aliphatic carbocycles. The van der Waals surface area contributed by atoms with E-state index in [-0.39, 0.29) is 5.91 Å². The van der Waals surface area contributed by atoms with Crippen LogP contribution < -0.4 is 5.32 Å². The molecule has 15 heavy (non-hydrogen) atoms. The average Bonchev–Trinajstić information content (AvgIpc) is 2.69. The van der Waals surface area contributed by atoms with Gasteiger partial charge in [-0.05, 0) is 25.8 Å². The first kappa shape index (κ1) is 12.5. The molecule has 2 saturated heterocycles. The van der Waals surface area contributed by atoms with E-state index in [4.69, 9.17) is 0 Å². The molecule has 2 rings (SSSR count). The molecule has 1 N–H and O–H groups in total. The Hall–Kier alpha value is -0.570. The zero-order chi connectivity index (χ0) is 11.3. The molecule has 2 fully saturated rings. The van der Waals surface area contributed by atoms with Gasteiger partial charge < -0.3 is 10.2 Å². The number of carbonyl (C=O) groups excluding carboxylic acids is 1. The molecule has 0 saturated carbocycles. The number of likely N-dealkylation sites (tertiary alicyclic amines) is 1. The summed E-state index contributed by atoms with van der Waals surface area (Å²) in [4.78, 5) is 13.3. The van der Waals surface area contributed by atoms with Gasteiger partial charge in [0.25, 0.3) is 0 Å². The van der Waals surface area contributed by atoms with Crippen molar-refractivity contribution in [1.82, 2.24) is 10.2 Å². The maximum atomic E-state index is 11.2. The summed E-state index contributed by atoms with van der Waals surface area (Å²) >= 11 is 0. The quantitative estimate of drug-likeness (QED) is 0.662. The summed E-state index contributed by atoms with van der Waals surface area (Å²) in [5, 5.41) is 3.40. The molecule has 1 spiro atoms. The molecule has 2 aliphatic heterocycles. The molecular weight excluding hydrogens is 188 g/mol. The van der Waals surface area contributed by atoms with E-state index in [1.54, 1.807) is 6.92 Å². The first-order chi connectivity index (χ1) is 7.22. The SMILES string of the molecule is CC.CC(=O)N1CCCC2(CCNC2)C1. The van der Waals surface area contributed by atoms with Gasteiger partial charge in [-0.1, -0.05) is 13.8 Å². The van der Waals surface area contributed by atoms with Gasteiger partial charge in [0.05, 0.1) is 0 Å². The van der Waals surface area contributed by atoms with Crippen LogP contribution in [0, 0.1) is 5.41 Å². The molecule has 0 aromatic rings. The number of hydrogen-bond donors (Lipinski definition) is 1. The van der Waals surface area contributed by atoms with Crippen LogP contribution >= 0.6 is 0 Å². The molecule has 3 heteroatoms. The van der Waals surface area contributed by atoms with Gasteiger partial charge in [-0.25, -0.2) is 0 Å². The van der Waals surface area contributed by atoms with E-state index in [1.807, 2.05) is 18.7 Å². The third-order valence-corrected chi connectivity index (χ3v) is 3.44. The Morgan fingerprint density at radius 2 is 2.07 bits per heavy atom. The van der Waals surface area contributed by atoms with Crippen molar-refractivity contribution in [3.8, 4) is 0 Å². The second-order valence-electron chi connectivity index (χ2n) is 4.47. The fraction of sp³-hybridized carbons (Fsp3) is 0.917. The highest BCUT2D eigenvalue weighted by molar-refractivity contribution is 5.73. The largest absolute Gasteiger partial charge is 0.342 e. The topological polar surface area (TPSA) is 32.3 Å². The molecule has 1 amide bonds. The molecule has 0 bridgehead atoms. The zero-order valence-electron chi connectivity index (χ0n) is 10.3. The Balaban J connectivity index is 0.000000531. The molecule has 2 aliphatic rings. The van der Waals surface area contributed by atoms with Crippen molar-refractivity contribution in [1.29, 1.82) is 0 Å². The number of hydrogen-bond acceptors (Lipinski definition) is 2. The van der Waals surface area contributed by atoms with E-state index in [0.29, 0.717) is 5.41 Å². The Bertz CT molecular complexity index is 210. The number of nitrogens with zero attached hydrogens (tertiary/aromatic N) is 1. The molecule has 0 aromatic carbocycles. The lowest BCUT2D eigenvalue weighted by molar-refractivity contribution is -0.132. The highest BCUT2D eigenvalue weighted by Gasteiger charge is 2.38. The molecule has 2 heterocycles. The van der Waals surface area contributed by atoms with E-state index in [9.17, 15) is 4.79 Å². The van der Waals surface area contributed by atoms with Gasteiger partial charge in [-0.15, -0.1) is 0 Å². The monoisotopic (exact) mass is 212 g/mol. The normalized spacial score (nSPS) is 29.9. The lowest BCUT2D eigenvalue weighted by atomic mass is 9.79. The van der Waals surface area contributed by atoms with Crippen LogP contribution in [0.3, 0.4) is 0 Å². The Kier molecular flexibility index (Phi) is 4.58. The van der Waals surface area contributed by atoms with Crippen LogP contribution in [0.4, 0.5) is 0 Å². The highest BCUT2D eigenvalue weighted by Crippen LogP contribution is 2.35. The number of amides is 1. The minimum absolute atomic E-state index is 0.242. The van der Waals surface area contributed by atoms with E-state index >= 15 is 0 Å². The summed E-state index contributed by atoms with van der Waals surface area (Å²) in [6, 6.07) is 0. The van der Waals surface area contributed by atoms with E-state index in [0.717, 1.165) is 26.2 Å². The lowest BCUT2D eigenvalue weighted by Gasteiger charge is -2.39. The predicted molar refractivity (Wildman–Crippen MR) is 62.8 cm³/mol. The van der Waals surface area contributed by atoms with E-state index < -0.39 is 0 Å². The number of rotatable bonds is 0. The van der Waals surface area contributed by atoms with Gasteiger partial charge in [0.1, 0.15) is 0 Å². The second kappa shape index (κ2) is 5.50. The zero-order valence-corrected chi connectivity index (χ0v) is 10.3. The van der Waals surface area contributed by atoms with Gasteiger partial charge in [0, 0.05) is 32.0 Å². The fourth-order valence-corrected chi connectivity index (χ4v) is 2.62. The summed E-state index contributed by atoms with van der Waals surface area (Å²) in [7, 11) is 0. The first-order valence-electron chi connectivity index (χ1n) is 6.18. The van der Waals surface area contributed by atoms with E-state index in [1.165, 1.54) is 19.3 Å². The van der Waals surface area contributed by atoms with Gasteiger partial charge >= 0.3 is 0 Å². The Morgan fingerprint density at radius 3 is 2.60 bits per heavy atom. The van der Waals surface area contributed by atoms with E-state index in [2.05, 4.69) is 5.32 Å².